The van der Waals surface area contributed by atoms with Crippen LogP contribution in [0.5, 0.6) is 0 Å². The van der Waals surface area contributed by atoms with Crippen LogP contribution in [-0.4, -0.2) is 226 Å². The van der Waals surface area contributed by atoms with Crippen molar-refractivity contribution in [3.63, 3.8) is 0 Å². The Kier molecular flexibility index (Phi) is 19.1. The van der Waals surface area contributed by atoms with Crippen LogP contribution in [0.1, 0.15) is 129 Å². The summed E-state index contributed by atoms with van der Waals surface area (Å²) in [6.45, 7) is 11.9. The van der Waals surface area contributed by atoms with E-state index in [0.717, 1.165) is 5.57 Å². The fourth-order valence-corrected chi connectivity index (χ4v) is 16.0. The van der Waals surface area contributed by atoms with Crippen LogP contribution in [0, 0.1) is 22.7 Å². The number of benzene rings is 1. The van der Waals surface area contributed by atoms with E-state index >= 15 is 0 Å². The normalized spacial score (nSPS) is 50.1. The van der Waals surface area contributed by atoms with Crippen molar-refractivity contribution in [2.75, 3.05) is 20.8 Å². The molecule has 1 aromatic rings. The number of carbonyl (C=O) groups excluding carboxylic acids is 2. The zero-order valence-corrected chi connectivity index (χ0v) is 49.1. The number of aliphatic hydroxyl groups excluding tert-OH is 6. The maximum absolute atomic E-state index is 13.7. The molecule has 5 heterocycles. The average molecular weight is 1180 g/mol. The summed E-state index contributed by atoms with van der Waals surface area (Å²) in [5, 5.41) is 89.6. The number of hydrogen-bond acceptors (Lipinski definition) is 23. The van der Waals surface area contributed by atoms with E-state index in [-0.39, 0.29) is 50.4 Å². The topological polar surface area (TPSA) is 316 Å². The first-order valence-corrected chi connectivity index (χ1v) is 29.9. The zero-order valence-electron chi connectivity index (χ0n) is 49.1. The lowest BCUT2D eigenvalue weighted by atomic mass is 9.43. The zero-order chi connectivity index (χ0) is 59.7. The third-order valence-corrected chi connectivity index (χ3v) is 20.7. The number of ether oxygens (including phenoxy) is 13. The summed E-state index contributed by atoms with van der Waals surface area (Å²) < 4.78 is 80.7. The lowest BCUT2D eigenvalue weighted by Crippen LogP contribution is -2.75. The summed E-state index contributed by atoms with van der Waals surface area (Å²) in [7, 11) is 3.07. The molecule has 8 N–H and O–H groups in total. The van der Waals surface area contributed by atoms with Crippen LogP contribution < -0.4 is 0 Å². The summed E-state index contributed by atoms with van der Waals surface area (Å²) in [6.07, 6.45) is -15.1. The van der Waals surface area contributed by atoms with Crippen molar-refractivity contribution in [3.8, 4) is 0 Å². The second-order valence-electron chi connectivity index (χ2n) is 25.5. The predicted octanol–water partition coefficient (Wildman–Crippen LogP) is 2.24. The molecule has 0 radical (unpaired) electrons. The molecule has 8 fully saturated rings. The SMILES string of the molecule is CO[C@H]1C[C@H](O[C@H]2CC[C@@]3(C)C(=CC[C@]4(O)[C@@H]3C[C@@H](OC(=O)c3ccccc3)[C@]3(C)[C@@H](C(C)=O)CC[C@@]34O)C2)O[C@H](C)[C@H]1O[C@H]1C[C@H](O)[C@H](O[C@H]2C[C@H](O)[C@H](O[C@H]3C[C@@H](OC)[C@H](O[C@@H]4O[C@H](CO)[C@@H](O)[C@H](O)[C@H]4O)[C@@H](C)O3)[C@@H](C)O2)[C@@H](C)O1. The van der Waals surface area contributed by atoms with Gasteiger partial charge >= 0.3 is 5.97 Å². The van der Waals surface area contributed by atoms with Crippen molar-refractivity contribution in [2.24, 2.45) is 22.7 Å². The van der Waals surface area contributed by atoms with Gasteiger partial charge in [-0.3, -0.25) is 4.79 Å². The highest BCUT2D eigenvalue weighted by Gasteiger charge is 2.77. The standard InChI is InChI=1S/C60H90O23/c1-28(62)36-17-20-60(70)58(36,7)43(79-55(68)33-13-11-10-12-14-33)26-42-57(6)18-16-35(21-34(57)15-19-59(42,60)69)77-46-24-39(71-8)53(31(4)75-46)82-45-23-38(64)51(29(2)74-45)80-44-22-37(63)52(30(3)73-44)81-47-25-40(72-9)54(32(5)76-47)83-56-50(67)49(66)48(65)41(27-61)78-56/h10-15,29-32,35-54,56,61,63-67,69-70H,16-27H2,1-9H3/t29-,30-,31-,32-,35+,36-,37+,38+,39+,40-,41-,42-,43-,44+,45+,46+,47+,48-,49+,50-,51-,52-,53-,54-,56+,57+,58+,59+,60-/m1/s1. The third kappa shape index (κ3) is 11.7. The molecule has 3 saturated carbocycles. The molecule has 0 amide bonds. The van der Waals surface area contributed by atoms with Gasteiger partial charge in [0, 0.05) is 57.2 Å². The molecule has 0 unspecified atom stereocenters. The highest BCUT2D eigenvalue weighted by atomic mass is 16.8. The predicted molar refractivity (Wildman–Crippen MR) is 287 cm³/mol. The van der Waals surface area contributed by atoms with Crippen LogP contribution >= 0.6 is 0 Å². The van der Waals surface area contributed by atoms with Crippen LogP contribution in [0.25, 0.3) is 0 Å². The van der Waals surface area contributed by atoms with E-state index in [1.54, 1.807) is 52.1 Å². The number of hydrogen-bond donors (Lipinski definition) is 8. The molecule has 29 atom stereocenters. The molecule has 83 heavy (non-hydrogen) atoms. The highest BCUT2D eigenvalue weighted by molar-refractivity contribution is 5.89. The second kappa shape index (κ2) is 25.1. The van der Waals surface area contributed by atoms with Crippen molar-refractivity contribution in [3.05, 3.63) is 47.5 Å². The summed E-state index contributed by atoms with van der Waals surface area (Å²) in [4.78, 5) is 27.0. The first kappa shape index (κ1) is 63.3. The van der Waals surface area contributed by atoms with E-state index in [0.29, 0.717) is 37.7 Å². The first-order valence-electron chi connectivity index (χ1n) is 29.9. The van der Waals surface area contributed by atoms with Gasteiger partial charge in [-0.15, -0.1) is 0 Å². The molecule has 1 aromatic carbocycles. The molecule has 9 aliphatic rings. The Hall–Kier alpha value is -2.70. The van der Waals surface area contributed by atoms with Crippen LogP contribution in [0.2, 0.25) is 0 Å². The molecular weight excluding hydrogens is 1090 g/mol. The van der Waals surface area contributed by atoms with E-state index in [1.165, 1.54) is 14.0 Å². The van der Waals surface area contributed by atoms with Gasteiger partial charge in [0.2, 0.25) is 0 Å². The van der Waals surface area contributed by atoms with Crippen LogP contribution in [0.15, 0.2) is 42.0 Å². The number of aliphatic hydroxyl groups is 8. The van der Waals surface area contributed by atoms with Gasteiger partial charge in [-0.25, -0.2) is 4.79 Å². The van der Waals surface area contributed by atoms with Crippen LogP contribution in [0.3, 0.4) is 0 Å². The van der Waals surface area contributed by atoms with Gasteiger partial charge in [0.05, 0.1) is 67.1 Å². The van der Waals surface area contributed by atoms with E-state index < -0.39 is 182 Å². The molecule has 0 spiro atoms. The van der Waals surface area contributed by atoms with Crippen molar-refractivity contribution in [2.45, 2.75) is 272 Å². The summed E-state index contributed by atoms with van der Waals surface area (Å²) in [5.41, 5.74) is -3.60. The van der Waals surface area contributed by atoms with Gasteiger partial charge in [0.25, 0.3) is 0 Å². The minimum absolute atomic E-state index is 0.00301. The van der Waals surface area contributed by atoms with Crippen molar-refractivity contribution >= 4 is 11.8 Å². The Balaban J connectivity index is 0.704. The van der Waals surface area contributed by atoms with Crippen LogP contribution in [0.4, 0.5) is 0 Å². The first-order chi connectivity index (χ1) is 39.4. The fourth-order valence-electron chi connectivity index (χ4n) is 16.0. The minimum Gasteiger partial charge on any atom is -0.458 e. The maximum Gasteiger partial charge on any atom is 0.338 e. The van der Waals surface area contributed by atoms with E-state index in [4.69, 9.17) is 61.6 Å². The van der Waals surface area contributed by atoms with Crippen molar-refractivity contribution in [1.29, 1.82) is 0 Å². The number of rotatable bonds is 16. The van der Waals surface area contributed by atoms with Crippen molar-refractivity contribution < 1.29 is 112 Å². The maximum atomic E-state index is 13.7. The Morgan fingerprint density at radius 1 is 0.639 bits per heavy atom. The molecule has 23 heteroatoms. The number of ketones is 1. The molecular formula is C60H90O23. The molecule has 10 rings (SSSR count). The Bertz CT molecular complexity index is 2390. The van der Waals surface area contributed by atoms with Gasteiger partial charge in [-0.2, -0.15) is 0 Å². The van der Waals surface area contributed by atoms with E-state index in [2.05, 4.69) is 13.0 Å². The third-order valence-electron chi connectivity index (χ3n) is 20.7. The molecule has 5 aliphatic heterocycles. The summed E-state index contributed by atoms with van der Waals surface area (Å²) in [6, 6.07) is 8.70. The van der Waals surface area contributed by atoms with Gasteiger partial charge in [-0.1, -0.05) is 43.7 Å². The Morgan fingerprint density at radius 3 is 1.71 bits per heavy atom. The molecule has 5 saturated heterocycles. The Morgan fingerprint density at radius 2 is 1.17 bits per heavy atom. The quantitative estimate of drug-likeness (QED) is 0.0869. The summed E-state index contributed by atoms with van der Waals surface area (Å²) >= 11 is 0. The van der Waals surface area contributed by atoms with Gasteiger partial charge < -0.3 is 102 Å². The highest BCUT2D eigenvalue weighted by Crippen LogP contribution is 2.70. The molecule has 0 bridgehead atoms. The number of methoxy groups -OCH3 is 2. The number of Topliss-reactive ketones (excluding diaryl/α,β-unsaturated/α-hetero) is 1. The Labute approximate surface area is 485 Å². The van der Waals surface area contributed by atoms with E-state index in [1.807, 2.05) is 19.9 Å². The molecule has 23 nitrogen and oxygen atoms in total. The lowest BCUT2D eigenvalue weighted by Gasteiger charge is -2.66. The molecule has 4 aliphatic carbocycles. The number of esters is 1. The number of fused-ring (bicyclic) bond motifs is 5. The largest absolute Gasteiger partial charge is 0.458 e. The number of carbonyl (C=O) groups is 2. The molecule has 0 aromatic heterocycles. The van der Waals surface area contributed by atoms with Gasteiger partial charge in [0.1, 0.15) is 71.9 Å². The monoisotopic (exact) mass is 1180 g/mol. The van der Waals surface area contributed by atoms with Crippen molar-refractivity contribution in [1.82, 2.24) is 0 Å². The molecule has 468 valence electrons. The van der Waals surface area contributed by atoms with Gasteiger partial charge in [-0.05, 0) is 97.1 Å². The van der Waals surface area contributed by atoms with Gasteiger partial charge in [0.15, 0.2) is 31.5 Å². The smallest absolute Gasteiger partial charge is 0.338 e. The fraction of sp³-hybridized carbons (Fsp3) is 0.833. The lowest BCUT2D eigenvalue weighted by molar-refractivity contribution is -0.357. The van der Waals surface area contributed by atoms with E-state index in [9.17, 15) is 50.4 Å². The second-order valence-corrected chi connectivity index (χ2v) is 25.5. The minimum atomic E-state index is -1.70. The van der Waals surface area contributed by atoms with Crippen LogP contribution in [-0.2, 0) is 66.4 Å². The average Bonchev–Trinajstić information content (AvgIpc) is 1.72. The summed E-state index contributed by atoms with van der Waals surface area (Å²) in [5.74, 6) is -1.72.